The lowest BCUT2D eigenvalue weighted by Gasteiger charge is -2.24. The van der Waals surface area contributed by atoms with Gasteiger partial charge in [0.2, 0.25) is 5.91 Å². The standard InChI is InChI=1S/C27H25N3O3/c1-17-7-6-8-18(13-17)16-33-22-12-11-20(14-23(22)32-2)21-15-24(31)28-27-25(21)26(29-30-27)19-9-4-3-5-10-19/h3-14,21H,15-16H2,1-2H3,(H2,28,29,30,31)/t21-/m0/s1. The van der Waals surface area contributed by atoms with E-state index in [1.807, 2.05) is 60.7 Å². The van der Waals surface area contributed by atoms with Crippen LogP contribution in [-0.2, 0) is 11.4 Å². The summed E-state index contributed by atoms with van der Waals surface area (Å²) in [5, 5.41) is 10.4. The molecule has 5 rings (SSSR count). The Balaban J connectivity index is 1.47. The highest BCUT2D eigenvalue weighted by Crippen LogP contribution is 2.43. The molecule has 1 aliphatic rings. The van der Waals surface area contributed by atoms with Crippen molar-refractivity contribution in [3.63, 3.8) is 0 Å². The van der Waals surface area contributed by atoms with Crippen molar-refractivity contribution in [1.29, 1.82) is 0 Å². The number of carbonyl (C=O) groups excluding carboxylic acids is 1. The fourth-order valence-corrected chi connectivity index (χ4v) is 4.35. The molecule has 0 unspecified atom stereocenters. The molecule has 0 saturated carbocycles. The van der Waals surface area contributed by atoms with Crippen molar-refractivity contribution in [2.24, 2.45) is 0 Å². The van der Waals surface area contributed by atoms with Gasteiger partial charge in [-0.15, -0.1) is 0 Å². The van der Waals surface area contributed by atoms with Crippen LogP contribution in [0.15, 0.2) is 72.8 Å². The van der Waals surface area contributed by atoms with Gasteiger partial charge in [-0.05, 0) is 35.7 Å². The van der Waals surface area contributed by atoms with Gasteiger partial charge in [0.15, 0.2) is 17.3 Å². The highest BCUT2D eigenvalue weighted by atomic mass is 16.5. The number of H-pyrrole nitrogens is 1. The first-order valence-corrected chi connectivity index (χ1v) is 10.9. The van der Waals surface area contributed by atoms with Gasteiger partial charge >= 0.3 is 0 Å². The van der Waals surface area contributed by atoms with Gasteiger partial charge in [-0.2, -0.15) is 5.10 Å². The van der Waals surface area contributed by atoms with Crippen molar-refractivity contribution in [2.45, 2.75) is 25.9 Å². The van der Waals surface area contributed by atoms with Crippen LogP contribution in [0.5, 0.6) is 11.5 Å². The van der Waals surface area contributed by atoms with Crippen LogP contribution < -0.4 is 14.8 Å². The van der Waals surface area contributed by atoms with Gasteiger partial charge in [0, 0.05) is 17.9 Å². The Hall–Kier alpha value is -4.06. The minimum Gasteiger partial charge on any atom is -0.493 e. The van der Waals surface area contributed by atoms with Gasteiger partial charge in [0.25, 0.3) is 0 Å². The third kappa shape index (κ3) is 4.20. The number of nitrogens with one attached hydrogen (secondary N) is 2. The monoisotopic (exact) mass is 439 g/mol. The number of ether oxygens (including phenoxy) is 2. The van der Waals surface area contributed by atoms with Crippen LogP contribution in [0.2, 0.25) is 0 Å². The van der Waals surface area contributed by atoms with E-state index in [4.69, 9.17) is 9.47 Å². The van der Waals surface area contributed by atoms with Crippen LogP contribution in [-0.4, -0.2) is 23.2 Å². The van der Waals surface area contributed by atoms with E-state index in [0.29, 0.717) is 30.3 Å². The normalized spacial score (nSPS) is 15.0. The average molecular weight is 440 g/mol. The first-order chi connectivity index (χ1) is 16.1. The fourth-order valence-electron chi connectivity index (χ4n) is 4.35. The minimum absolute atomic E-state index is 0.0580. The van der Waals surface area contributed by atoms with E-state index in [1.165, 1.54) is 5.56 Å². The number of anilines is 1. The van der Waals surface area contributed by atoms with Crippen molar-refractivity contribution in [1.82, 2.24) is 10.2 Å². The second kappa shape index (κ2) is 8.82. The second-order valence-corrected chi connectivity index (χ2v) is 8.22. The zero-order valence-electron chi connectivity index (χ0n) is 18.6. The van der Waals surface area contributed by atoms with E-state index >= 15 is 0 Å². The van der Waals surface area contributed by atoms with E-state index in [9.17, 15) is 4.79 Å². The summed E-state index contributed by atoms with van der Waals surface area (Å²) in [6.07, 6.45) is 0.332. The summed E-state index contributed by atoms with van der Waals surface area (Å²) in [6, 6.07) is 24.1. The number of hydrogen-bond acceptors (Lipinski definition) is 4. The van der Waals surface area contributed by atoms with Crippen LogP contribution in [0.1, 0.15) is 34.6 Å². The number of amides is 1. The molecule has 2 heterocycles. The number of fused-ring (bicyclic) bond motifs is 1. The number of aromatic nitrogens is 2. The summed E-state index contributed by atoms with van der Waals surface area (Å²) < 4.78 is 11.7. The largest absolute Gasteiger partial charge is 0.493 e. The molecule has 33 heavy (non-hydrogen) atoms. The van der Waals surface area contributed by atoms with Crippen molar-refractivity contribution >= 4 is 11.7 Å². The van der Waals surface area contributed by atoms with Crippen LogP contribution in [0.4, 0.5) is 5.82 Å². The van der Waals surface area contributed by atoms with E-state index < -0.39 is 0 Å². The highest BCUT2D eigenvalue weighted by molar-refractivity contribution is 5.96. The molecular formula is C27H25N3O3. The molecule has 0 saturated heterocycles. The second-order valence-electron chi connectivity index (χ2n) is 8.22. The Morgan fingerprint density at radius 1 is 1.00 bits per heavy atom. The molecule has 0 aliphatic carbocycles. The molecule has 1 aromatic heterocycles. The molecule has 2 N–H and O–H groups in total. The minimum atomic E-state index is -0.151. The predicted molar refractivity (Wildman–Crippen MR) is 128 cm³/mol. The number of hydrogen-bond donors (Lipinski definition) is 2. The summed E-state index contributed by atoms with van der Waals surface area (Å²) in [4.78, 5) is 12.4. The summed E-state index contributed by atoms with van der Waals surface area (Å²) in [7, 11) is 1.63. The first kappa shape index (κ1) is 20.8. The van der Waals surface area contributed by atoms with Gasteiger partial charge < -0.3 is 14.8 Å². The van der Waals surface area contributed by atoms with Gasteiger partial charge in [-0.1, -0.05) is 66.2 Å². The smallest absolute Gasteiger partial charge is 0.226 e. The molecule has 0 bridgehead atoms. The molecule has 3 aromatic carbocycles. The average Bonchev–Trinajstić information content (AvgIpc) is 3.26. The van der Waals surface area contributed by atoms with Crippen molar-refractivity contribution in [2.75, 3.05) is 12.4 Å². The van der Waals surface area contributed by atoms with Crippen LogP contribution in [0.3, 0.4) is 0 Å². The molecule has 0 fully saturated rings. The number of nitrogens with zero attached hydrogens (tertiary/aromatic N) is 1. The molecule has 166 valence electrons. The van der Waals surface area contributed by atoms with Crippen LogP contribution in [0, 0.1) is 6.92 Å². The molecule has 1 amide bonds. The van der Waals surface area contributed by atoms with Crippen LogP contribution in [0.25, 0.3) is 11.3 Å². The predicted octanol–water partition coefficient (Wildman–Crippen LogP) is 5.45. The number of aromatic amines is 1. The van der Waals surface area contributed by atoms with Gasteiger partial charge in [0.05, 0.1) is 12.8 Å². The SMILES string of the molecule is COc1cc([C@@H]2CC(=O)Nc3n[nH]c(-c4ccccc4)c32)ccc1OCc1cccc(C)c1. The quantitative estimate of drug-likeness (QED) is 0.419. The molecular weight excluding hydrogens is 414 g/mol. The highest BCUT2D eigenvalue weighted by Gasteiger charge is 2.32. The Morgan fingerprint density at radius 2 is 1.85 bits per heavy atom. The Kier molecular flexibility index (Phi) is 5.57. The number of aryl methyl sites for hydroxylation is 1. The molecule has 0 radical (unpaired) electrons. The van der Waals surface area contributed by atoms with Crippen LogP contribution >= 0.6 is 0 Å². The van der Waals surface area contributed by atoms with Crippen molar-refractivity contribution < 1.29 is 14.3 Å². The number of benzene rings is 3. The number of methoxy groups -OCH3 is 1. The molecule has 0 spiro atoms. The van der Waals surface area contributed by atoms with Gasteiger partial charge in [-0.25, -0.2) is 0 Å². The lowest BCUT2D eigenvalue weighted by atomic mass is 9.84. The number of carbonyl (C=O) groups is 1. The summed E-state index contributed by atoms with van der Waals surface area (Å²) in [6.45, 7) is 2.51. The van der Waals surface area contributed by atoms with Crippen molar-refractivity contribution in [3.05, 3.63) is 95.1 Å². The molecule has 6 heteroatoms. The maximum atomic E-state index is 12.4. The third-order valence-electron chi connectivity index (χ3n) is 5.93. The zero-order valence-corrected chi connectivity index (χ0v) is 18.6. The third-order valence-corrected chi connectivity index (χ3v) is 5.93. The Morgan fingerprint density at radius 3 is 2.64 bits per heavy atom. The molecule has 6 nitrogen and oxygen atoms in total. The molecule has 4 aromatic rings. The van der Waals surface area contributed by atoms with E-state index in [0.717, 1.165) is 27.9 Å². The van der Waals surface area contributed by atoms with Crippen molar-refractivity contribution in [3.8, 4) is 22.8 Å². The molecule has 1 atom stereocenters. The maximum Gasteiger partial charge on any atom is 0.226 e. The Labute approximate surface area is 192 Å². The topological polar surface area (TPSA) is 76.2 Å². The lowest BCUT2D eigenvalue weighted by molar-refractivity contribution is -0.116. The maximum absolute atomic E-state index is 12.4. The van der Waals surface area contributed by atoms with E-state index in [-0.39, 0.29) is 11.8 Å². The van der Waals surface area contributed by atoms with E-state index in [1.54, 1.807) is 7.11 Å². The van der Waals surface area contributed by atoms with Gasteiger partial charge in [0.1, 0.15) is 6.61 Å². The molecule has 1 aliphatic heterocycles. The van der Waals surface area contributed by atoms with Gasteiger partial charge in [-0.3, -0.25) is 9.89 Å². The Bertz CT molecular complexity index is 1300. The first-order valence-electron chi connectivity index (χ1n) is 10.9. The fraction of sp³-hybridized carbons (Fsp3) is 0.185. The summed E-state index contributed by atoms with van der Waals surface area (Å²) >= 11 is 0. The van der Waals surface area contributed by atoms with E-state index in [2.05, 4.69) is 34.6 Å². The zero-order chi connectivity index (χ0) is 22.8. The summed E-state index contributed by atoms with van der Waals surface area (Å²) in [5.74, 6) is 1.67. The number of rotatable bonds is 6. The summed E-state index contributed by atoms with van der Waals surface area (Å²) in [5.41, 5.74) is 6.19. The lowest BCUT2D eigenvalue weighted by Crippen LogP contribution is -2.23.